The lowest BCUT2D eigenvalue weighted by molar-refractivity contribution is 0.739. The molecule has 4 rings (SSSR count). The molecule has 0 aliphatic rings. The summed E-state index contributed by atoms with van der Waals surface area (Å²) >= 11 is 0. The average molecular weight is 279 g/mol. The summed E-state index contributed by atoms with van der Waals surface area (Å²) in [4.78, 5) is 16.0. The maximum Gasteiger partial charge on any atom is 0.160 e. The topological polar surface area (TPSA) is 76.7 Å². The molecule has 21 heavy (non-hydrogen) atoms. The molecule has 4 aromatic heterocycles. The largest absolute Gasteiger partial charge is 0.348 e. The van der Waals surface area contributed by atoms with E-state index in [9.17, 15) is 0 Å². The van der Waals surface area contributed by atoms with Crippen LogP contribution in [0.1, 0.15) is 11.4 Å². The quantitative estimate of drug-likeness (QED) is 0.619. The van der Waals surface area contributed by atoms with Crippen molar-refractivity contribution in [2.45, 2.75) is 13.5 Å². The highest BCUT2D eigenvalue weighted by Crippen LogP contribution is 2.19. The molecule has 4 heterocycles. The first-order valence-electron chi connectivity index (χ1n) is 6.62. The molecule has 0 fully saturated rings. The highest BCUT2D eigenvalue weighted by molar-refractivity contribution is 5.53. The van der Waals surface area contributed by atoms with Crippen LogP contribution in [0.4, 0.5) is 0 Å². The third-order valence-corrected chi connectivity index (χ3v) is 3.47. The number of hydrogen-bond acceptors (Lipinski definition) is 4. The van der Waals surface area contributed by atoms with E-state index in [1.54, 1.807) is 18.9 Å². The fourth-order valence-corrected chi connectivity index (χ4v) is 2.43. The van der Waals surface area contributed by atoms with Gasteiger partial charge in [-0.05, 0) is 19.1 Å². The van der Waals surface area contributed by atoms with Gasteiger partial charge in [0.15, 0.2) is 11.5 Å². The van der Waals surface area contributed by atoms with Gasteiger partial charge in [0.1, 0.15) is 12.0 Å². The molecule has 0 aromatic carbocycles. The summed E-state index contributed by atoms with van der Waals surface area (Å²) in [6.07, 6.45) is 6.97. The Labute approximate surface area is 120 Å². The predicted octanol–water partition coefficient (Wildman–Crippen LogP) is 1.67. The summed E-state index contributed by atoms with van der Waals surface area (Å²) in [5.74, 6) is 0.839. The maximum atomic E-state index is 4.42. The number of imidazole rings is 2. The van der Waals surface area contributed by atoms with Crippen LogP contribution in [0.15, 0.2) is 43.2 Å². The molecular formula is C14H13N7. The minimum absolute atomic E-state index is 0.655. The van der Waals surface area contributed by atoms with E-state index in [0.29, 0.717) is 6.54 Å². The first kappa shape index (κ1) is 11.8. The summed E-state index contributed by atoms with van der Waals surface area (Å²) in [5.41, 5.74) is 3.75. The van der Waals surface area contributed by atoms with E-state index in [-0.39, 0.29) is 0 Å². The van der Waals surface area contributed by atoms with Gasteiger partial charge in [-0.2, -0.15) is 5.10 Å². The van der Waals surface area contributed by atoms with Crippen LogP contribution >= 0.6 is 0 Å². The number of fused-ring (bicyclic) bond motifs is 1. The number of pyridine rings is 1. The van der Waals surface area contributed by atoms with Gasteiger partial charge in [-0.3, -0.25) is 0 Å². The van der Waals surface area contributed by atoms with Crippen LogP contribution in [0.5, 0.6) is 0 Å². The second kappa shape index (κ2) is 4.55. The number of rotatable bonds is 3. The summed E-state index contributed by atoms with van der Waals surface area (Å²) < 4.78 is 3.89. The van der Waals surface area contributed by atoms with Crippen molar-refractivity contribution >= 4 is 5.65 Å². The molecule has 7 nitrogen and oxygen atoms in total. The number of H-pyrrole nitrogens is 1. The first-order chi connectivity index (χ1) is 10.3. The minimum Gasteiger partial charge on any atom is -0.348 e. The van der Waals surface area contributed by atoms with E-state index in [4.69, 9.17) is 0 Å². The Bertz CT molecular complexity index is 899. The van der Waals surface area contributed by atoms with E-state index in [1.165, 1.54) is 0 Å². The molecule has 7 heteroatoms. The van der Waals surface area contributed by atoms with E-state index in [2.05, 4.69) is 29.6 Å². The molecule has 0 bridgehead atoms. The standard InChI is InChI=1S/C14H13N7/c1-10-13(18-8-16-10)14-15-5-6-20(14)7-11-3-2-4-12-17-9-19-21(11)12/h2-6,8-9H,7H2,1H3,(H,16,18). The number of nitrogens with zero attached hydrogens (tertiary/aromatic N) is 6. The number of aryl methyl sites for hydroxylation is 1. The van der Waals surface area contributed by atoms with Gasteiger partial charge in [0.2, 0.25) is 0 Å². The normalized spacial score (nSPS) is 11.3. The van der Waals surface area contributed by atoms with Crippen LogP contribution in [0.2, 0.25) is 0 Å². The van der Waals surface area contributed by atoms with Gasteiger partial charge < -0.3 is 9.55 Å². The van der Waals surface area contributed by atoms with Crippen molar-refractivity contribution in [2.24, 2.45) is 0 Å². The number of hydrogen-bond donors (Lipinski definition) is 1. The van der Waals surface area contributed by atoms with Gasteiger partial charge in [-0.15, -0.1) is 0 Å². The molecule has 0 radical (unpaired) electrons. The minimum atomic E-state index is 0.655. The molecule has 0 saturated heterocycles. The van der Waals surface area contributed by atoms with Gasteiger partial charge in [-0.25, -0.2) is 19.5 Å². The Balaban J connectivity index is 1.78. The molecule has 0 aliphatic carbocycles. The summed E-state index contributed by atoms with van der Waals surface area (Å²) in [5, 5.41) is 4.26. The van der Waals surface area contributed by atoms with E-state index < -0.39 is 0 Å². The second-order valence-electron chi connectivity index (χ2n) is 4.80. The zero-order valence-electron chi connectivity index (χ0n) is 11.4. The Kier molecular flexibility index (Phi) is 2.56. The van der Waals surface area contributed by atoms with Crippen molar-refractivity contribution in [3.63, 3.8) is 0 Å². The zero-order chi connectivity index (χ0) is 14.2. The van der Waals surface area contributed by atoms with Crippen molar-refractivity contribution in [1.29, 1.82) is 0 Å². The Hall–Kier alpha value is -2.96. The monoisotopic (exact) mass is 279 g/mol. The lowest BCUT2D eigenvalue weighted by Gasteiger charge is -2.08. The lowest BCUT2D eigenvalue weighted by atomic mass is 10.3. The van der Waals surface area contributed by atoms with Crippen molar-refractivity contribution in [3.8, 4) is 11.5 Å². The van der Waals surface area contributed by atoms with Crippen molar-refractivity contribution in [3.05, 3.63) is 54.6 Å². The summed E-state index contributed by atoms with van der Waals surface area (Å²) in [7, 11) is 0. The number of aromatic amines is 1. The average Bonchev–Trinajstić information content (AvgIpc) is 3.19. The number of aromatic nitrogens is 7. The Morgan fingerprint density at radius 3 is 3.00 bits per heavy atom. The SMILES string of the molecule is Cc1[nH]cnc1-c1nccn1Cc1cccc2ncnn12. The first-order valence-corrected chi connectivity index (χ1v) is 6.62. The van der Waals surface area contributed by atoms with Crippen molar-refractivity contribution < 1.29 is 0 Å². The van der Waals surface area contributed by atoms with Crippen LogP contribution in [0, 0.1) is 6.92 Å². The van der Waals surface area contributed by atoms with E-state index in [1.807, 2.05) is 35.8 Å². The third kappa shape index (κ3) is 1.90. The summed E-state index contributed by atoms with van der Waals surface area (Å²) in [6.45, 7) is 2.64. The van der Waals surface area contributed by atoms with Crippen LogP contribution in [0.25, 0.3) is 17.2 Å². The molecule has 0 amide bonds. The molecule has 104 valence electrons. The van der Waals surface area contributed by atoms with Crippen LogP contribution in [-0.2, 0) is 6.54 Å². The highest BCUT2D eigenvalue weighted by atomic mass is 15.3. The van der Waals surface area contributed by atoms with Gasteiger partial charge in [-0.1, -0.05) is 6.07 Å². The molecule has 1 N–H and O–H groups in total. The molecule has 4 aromatic rings. The molecule has 0 saturated carbocycles. The van der Waals surface area contributed by atoms with Crippen molar-refractivity contribution in [1.82, 2.24) is 34.1 Å². The highest BCUT2D eigenvalue weighted by Gasteiger charge is 2.12. The third-order valence-electron chi connectivity index (χ3n) is 3.47. The van der Waals surface area contributed by atoms with Crippen molar-refractivity contribution in [2.75, 3.05) is 0 Å². The van der Waals surface area contributed by atoms with Crippen LogP contribution in [0.3, 0.4) is 0 Å². The van der Waals surface area contributed by atoms with Crippen LogP contribution in [-0.4, -0.2) is 34.1 Å². The van der Waals surface area contributed by atoms with E-state index in [0.717, 1.165) is 28.6 Å². The van der Waals surface area contributed by atoms with Crippen LogP contribution < -0.4 is 0 Å². The summed E-state index contributed by atoms with van der Waals surface area (Å²) in [6, 6.07) is 5.95. The lowest BCUT2D eigenvalue weighted by Crippen LogP contribution is -2.07. The molecule has 0 atom stereocenters. The van der Waals surface area contributed by atoms with Gasteiger partial charge in [0.25, 0.3) is 0 Å². The predicted molar refractivity (Wildman–Crippen MR) is 76.6 cm³/mol. The fraction of sp³-hybridized carbons (Fsp3) is 0.143. The fourth-order valence-electron chi connectivity index (χ4n) is 2.43. The molecule has 0 aliphatic heterocycles. The van der Waals surface area contributed by atoms with Gasteiger partial charge >= 0.3 is 0 Å². The second-order valence-corrected chi connectivity index (χ2v) is 4.80. The Morgan fingerprint density at radius 1 is 1.19 bits per heavy atom. The zero-order valence-corrected chi connectivity index (χ0v) is 11.4. The molecule has 0 spiro atoms. The maximum absolute atomic E-state index is 4.42. The van der Waals surface area contributed by atoms with Gasteiger partial charge in [0, 0.05) is 18.1 Å². The molecular weight excluding hydrogens is 266 g/mol. The Morgan fingerprint density at radius 2 is 2.14 bits per heavy atom. The molecule has 0 unspecified atom stereocenters. The van der Waals surface area contributed by atoms with E-state index >= 15 is 0 Å². The smallest absolute Gasteiger partial charge is 0.160 e. The van der Waals surface area contributed by atoms with Gasteiger partial charge in [0.05, 0.1) is 18.6 Å². The number of nitrogens with one attached hydrogen (secondary N) is 1.